The molecule has 0 saturated heterocycles. The molecule has 0 aliphatic heterocycles. The molecule has 1 atom stereocenters. The van der Waals surface area contributed by atoms with Crippen molar-refractivity contribution in [2.24, 2.45) is 10.8 Å². The van der Waals surface area contributed by atoms with Gasteiger partial charge in [-0.15, -0.1) is 0 Å². The highest BCUT2D eigenvalue weighted by Gasteiger charge is 2.30. The number of benzene rings is 2. The second kappa shape index (κ2) is 7.92. The lowest BCUT2D eigenvalue weighted by molar-refractivity contribution is 0.0985. The summed E-state index contributed by atoms with van der Waals surface area (Å²) in [6, 6.07) is 11.4. The van der Waals surface area contributed by atoms with Crippen LogP contribution in [0.25, 0.3) is 0 Å². The van der Waals surface area contributed by atoms with Gasteiger partial charge < -0.3 is 0 Å². The van der Waals surface area contributed by atoms with Crippen molar-refractivity contribution in [1.29, 1.82) is 0 Å². The topological polar surface area (TPSA) is 17.1 Å². The van der Waals surface area contributed by atoms with E-state index in [1.54, 1.807) is 0 Å². The first kappa shape index (κ1) is 21.3. The molecular weight excluding hydrogens is 342 g/mol. The molecule has 27 heavy (non-hydrogen) atoms. The first-order valence-electron chi connectivity index (χ1n) is 9.44. The molecule has 2 aromatic carbocycles. The zero-order valence-electron chi connectivity index (χ0n) is 17.2. The van der Waals surface area contributed by atoms with Gasteiger partial charge in [0, 0.05) is 6.42 Å². The monoisotopic (exact) mass is 372 g/mol. The summed E-state index contributed by atoms with van der Waals surface area (Å²) in [5.74, 6) is -1.78. The summed E-state index contributed by atoms with van der Waals surface area (Å²) in [6.45, 7) is 13.4. The second-order valence-electron chi connectivity index (χ2n) is 9.62. The van der Waals surface area contributed by atoms with Gasteiger partial charge in [0.2, 0.25) is 0 Å². The van der Waals surface area contributed by atoms with Crippen LogP contribution in [0.1, 0.15) is 75.4 Å². The molecule has 0 aliphatic carbocycles. The SMILES string of the molecule is CC(C)(C)CC(c1ccc(CC(=O)c2c(F)cccc2F)cc1)C(C)(C)C. The van der Waals surface area contributed by atoms with Crippen molar-refractivity contribution >= 4 is 5.78 Å². The fourth-order valence-electron chi connectivity index (χ4n) is 3.44. The minimum Gasteiger partial charge on any atom is -0.294 e. The zero-order valence-corrected chi connectivity index (χ0v) is 17.2. The molecule has 1 nitrogen and oxygen atoms in total. The van der Waals surface area contributed by atoms with Crippen molar-refractivity contribution < 1.29 is 13.6 Å². The summed E-state index contributed by atoms with van der Waals surface area (Å²) in [6.07, 6.45) is 1.03. The Morgan fingerprint density at radius 1 is 0.889 bits per heavy atom. The molecule has 0 bridgehead atoms. The van der Waals surface area contributed by atoms with Crippen molar-refractivity contribution in [1.82, 2.24) is 0 Å². The van der Waals surface area contributed by atoms with E-state index < -0.39 is 23.0 Å². The summed E-state index contributed by atoms with van der Waals surface area (Å²) >= 11 is 0. The summed E-state index contributed by atoms with van der Waals surface area (Å²) in [4.78, 5) is 12.3. The molecule has 2 rings (SSSR count). The molecular formula is C24H30F2O. The van der Waals surface area contributed by atoms with Crippen LogP contribution in [0.5, 0.6) is 0 Å². The highest BCUT2D eigenvalue weighted by Crippen LogP contribution is 2.43. The molecule has 0 aromatic heterocycles. The second-order valence-corrected chi connectivity index (χ2v) is 9.62. The van der Waals surface area contributed by atoms with Crippen LogP contribution in [0.2, 0.25) is 0 Å². The number of ketones is 1. The fourth-order valence-corrected chi connectivity index (χ4v) is 3.44. The predicted octanol–water partition coefficient (Wildman–Crippen LogP) is 6.96. The summed E-state index contributed by atoms with van der Waals surface area (Å²) in [5, 5.41) is 0. The fraction of sp³-hybridized carbons (Fsp3) is 0.458. The van der Waals surface area contributed by atoms with Gasteiger partial charge in [0.1, 0.15) is 11.6 Å². The first-order chi connectivity index (χ1) is 12.4. The quantitative estimate of drug-likeness (QED) is 0.519. The molecule has 0 spiro atoms. The number of hydrogen-bond acceptors (Lipinski definition) is 1. The Morgan fingerprint density at radius 2 is 1.41 bits per heavy atom. The predicted molar refractivity (Wildman–Crippen MR) is 107 cm³/mol. The Hall–Kier alpha value is -2.03. The van der Waals surface area contributed by atoms with Gasteiger partial charge in [-0.05, 0) is 46.4 Å². The zero-order chi connectivity index (χ0) is 20.4. The van der Waals surface area contributed by atoms with Crippen LogP contribution in [0.15, 0.2) is 42.5 Å². The largest absolute Gasteiger partial charge is 0.294 e. The van der Waals surface area contributed by atoms with Crippen LogP contribution in [-0.2, 0) is 6.42 Å². The van der Waals surface area contributed by atoms with Crippen LogP contribution < -0.4 is 0 Å². The van der Waals surface area contributed by atoms with Crippen molar-refractivity contribution in [3.8, 4) is 0 Å². The maximum Gasteiger partial charge on any atom is 0.173 e. The van der Waals surface area contributed by atoms with Gasteiger partial charge >= 0.3 is 0 Å². The molecule has 0 amide bonds. The third-order valence-corrected chi connectivity index (χ3v) is 4.85. The van der Waals surface area contributed by atoms with E-state index in [9.17, 15) is 13.6 Å². The number of halogens is 2. The van der Waals surface area contributed by atoms with Crippen LogP contribution in [0, 0.1) is 22.5 Å². The van der Waals surface area contributed by atoms with Crippen molar-refractivity contribution in [2.75, 3.05) is 0 Å². The van der Waals surface area contributed by atoms with Crippen molar-refractivity contribution in [2.45, 2.75) is 60.3 Å². The Kier molecular flexibility index (Phi) is 6.24. The number of hydrogen-bond donors (Lipinski definition) is 0. The van der Waals surface area contributed by atoms with Gasteiger partial charge in [0.25, 0.3) is 0 Å². The van der Waals surface area contributed by atoms with E-state index in [1.807, 2.05) is 24.3 Å². The van der Waals surface area contributed by atoms with Gasteiger partial charge in [-0.3, -0.25) is 4.79 Å². The normalized spacial score (nSPS) is 13.5. The molecule has 0 radical (unpaired) electrons. The maximum absolute atomic E-state index is 13.8. The highest BCUT2D eigenvalue weighted by molar-refractivity contribution is 5.98. The maximum atomic E-state index is 13.8. The molecule has 3 heteroatoms. The summed E-state index contributed by atoms with van der Waals surface area (Å²) < 4.78 is 27.6. The average Bonchev–Trinajstić information content (AvgIpc) is 2.51. The first-order valence-corrected chi connectivity index (χ1v) is 9.44. The molecule has 0 N–H and O–H groups in total. The minimum atomic E-state index is -0.811. The third kappa shape index (κ3) is 5.72. The Bertz CT molecular complexity index is 772. The Balaban J connectivity index is 2.22. The minimum absolute atomic E-state index is 0.0163. The average molecular weight is 372 g/mol. The molecule has 146 valence electrons. The highest BCUT2D eigenvalue weighted by atomic mass is 19.1. The van der Waals surface area contributed by atoms with Crippen molar-refractivity contribution in [3.63, 3.8) is 0 Å². The summed E-state index contributed by atoms with van der Waals surface area (Å²) in [5.41, 5.74) is 1.85. The van der Waals surface area contributed by atoms with E-state index in [0.717, 1.165) is 24.1 Å². The van der Waals surface area contributed by atoms with Crippen LogP contribution in [0.3, 0.4) is 0 Å². The number of carbonyl (C=O) groups is 1. The van der Waals surface area contributed by atoms with E-state index in [0.29, 0.717) is 5.92 Å². The molecule has 0 heterocycles. The van der Waals surface area contributed by atoms with Crippen LogP contribution in [0.4, 0.5) is 8.78 Å². The number of Topliss-reactive ketones (excluding diaryl/α,β-unsaturated/α-hetero) is 1. The molecule has 1 unspecified atom stereocenters. The molecule has 2 aromatic rings. The summed E-state index contributed by atoms with van der Waals surface area (Å²) in [7, 11) is 0. The van der Waals surface area contributed by atoms with E-state index >= 15 is 0 Å². The smallest absolute Gasteiger partial charge is 0.173 e. The Labute approximate surface area is 161 Å². The van der Waals surface area contributed by atoms with Crippen LogP contribution in [-0.4, -0.2) is 5.78 Å². The standard InChI is InChI=1S/C24H30F2O/c1-23(2,3)15-18(24(4,5)6)17-12-10-16(11-13-17)14-21(27)22-19(25)8-7-9-20(22)26/h7-13,18H,14-15H2,1-6H3. The van der Waals surface area contributed by atoms with E-state index in [4.69, 9.17) is 0 Å². The molecule has 0 fully saturated rings. The lowest BCUT2D eigenvalue weighted by atomic mass is 9.69. The molecule has 0 aliphatic rings. The van der Waals surface area contributed by atoms with E-state index in [1.165, 1.54) is 11.6 Å². The molecule has 0 saturated carbocycles. The number of rotatable bonds is 5. The van der Waals surface area contributed by atoms with Gasteiger partial charge in [-0.2, -0.15) is 0 Å². The van der Waals surface area contributed by atoms with Gasteiger partial charge in [0.15, 0.2) is 5.78 Å². The van der Waals surface area contributed by atoms with Crippen LogP contribution >= 0.6 is 0 Å². The number of carbonyl (C=O) groups excluding carboxylic acids is 1. The lowest BCUT2D eigenvalue weighted by Crippen LogP contribution is -2.23. The van der Waals surface area contributed by atoms with Gasteiger partial charge in [0.05, 0.1) is 5.56 Å². The Morgan fingerprint density at radius 3 is 1.85 bits per heavy atom. The van der Waals surface area contributed by atoms with E-state index in [-0.39, 0.29) is 17.3 Å². The van der Waals surface area contributed by atoms with Gasteiger partial charge in [-0.25, -0.2) is 8.78 Å². The van der Waals surface area contributed by atoms with Crippen molar-refractivity contribution in [3.05, 3.63) is 70.8 Å². The lowest BCUT2D eigenvalue weighted by Gasteiger charge is -2.36. The van der Waals surface area contributed by atoms with Gasteiger partial charge in [-0.1, -0.05) is 71.9 Å². The third-order valence-electron chi connectivity index (χ3n) is 4.85. The van der Waals surface area contributed by atoms with E-state index in [2.05, 4.69) is 41.5 Å².